The summed E-state index contributed by atoms with van der Waals surface area (Å²) in [5, 5.41) is 2.73. The molecule has 1 N–H and O–H groups in total. The van der Waals surface area contributed by atoms with Crippen LogP contribution in [0.3, 0.4) is 0 Å². The van der Waals surface area contributed by atoms with Crippen molar-refractivity contribution in [2.24, 2.45) is 0 Å². The second-order valence-corrected chi connectivity index (χ2v) is 8.62. The van der Waals surface area contributed by atoms with Crippen molar-refractivity contribution < 1.29 is 22.7 Å². The number of nitrogens with zero attached hydrogens (tertiary/aromatic N) is 1. The van der Waals surface area contributed by atoms with E-state index in [2.05, 4.69) is 5.32 Å². The highest BCUT2D eigenvalue weighted by Crippen LogP contribution is 2.25. The standard InChI is InChI=1S/C20H21ClN2O5S/c1-4-28-19(24)12-7-14-5-9-16(10-6-14)22-20(25)15-8-11-17(21)18(13-15)29(26,27)23(2)3/h5-13H,4H2,1-3H3,(H,22,25)/b12-7+. The van der Waals surface area contributed by atoms with Crippen molar-refractivity contribution >= 4 is 45.3 Å². The number of rotatable bonds is 7. The van der Waals surface area contributed by atoms with Gasteiger partial charge >= 0.3 is 5.97 Å². The molecule has 0 aliphatic rings. The van der Waals surface area contributed by atoms with E-state index < -0.39 is 21.9 Å². The van der Waals surface area contributed by atoms with Crippen LogP contribution in [0, 0.1) is 0 Å². The van der Waals surface area contributed by atoms with Gasteiger partial charge in [0.1, 0.15) is 4.90 Å². The Bertz CT molecular complexity index is 1030. The van der Waals surface area contributed by atoms with Crippen molar-refractivity contribution in [2.75, 3.05) is 26.0 Å². The summed E-state index contributed by atoms with van der Waals surface area (Å²) in [4.78, 5) is 23.7. The lowest BCUT2D eigenvalue weighted by molar-refractivity contribution is -0.137. The topological polar surface area (TPSA) is 92.8 Å². The Labute approximate surface area is 175 Å². The Kier molecular flexibility index (Phi) is 7.55. The van der Waals surface area contributed by atoms with E-state index in [0.29, 0.717) is 12.3 Å². The summed E-state index contributed by atoms with van der Waals surface area (Å²) in [6, 6.07) is 10.8. The monoisotopic (exact) mass is 436 g/mol. The predicted octanol–water partition coefficient (Wildman–Crippen LogP) is 3.42. The SMILES string of the molecule is CCOC(=O)/C=C/c1ccc(NC(=O)c2ccc(Cl)c(S(=O)(=O)N(C)C)c2)cc1. The van der Waals surface area contributed by atoms with Crippen molar-refractivity contribution in [3.63, 3.8) is 0 Å². The lowest BCUT2D eigenvalue weighted by Gasteiger charge is -2.14. The summed E-state index contributed by atoms with van der Waals surface area (Å²) < 4.78 is 30.5. The maximum atomic E-state index is 12.5. The minimum absolute atomic E-state index is 0.0352. The molecule has 9 heteroatoms. The summed E-state index contributed by atoms with van der Waals surface area (Å²) in [7, 11) is -1.01. The van der Waals surface area contributed by atoms with E-state index in [-0.39, 0.29) is 15.5 Å². The first-order valence-electron chi connectivity index (χ1n) is 8.63. The average Bonchev–Trinajstić information content (AvgIpc) is 2.67. The summed E-state index contributed by atoms with van der Waals surface area (Å²) in [5.41, 5.74) is 1.42. The zero-order valence-corrected chi connectivity index (χ0v) is 17.8. The number of benzene rings is 2. The number of sulfonamides is 1. The van der Waals surface area contributed by atoms with Gasteiger partial charge in [-0.25, -0.2) is 17.5 Å². The number of carbonyl (C=O) groups excluding carboxylic acids is 2. The lowest BCUT2D eigenvalue weighted by Crippen LogP contribution is -2.23. The fourth-order valence-electron chi connectivity index (χ4n) is 2.27. The third-order valence-corrected chi connectivity index (χ3v) is 6.12. The van der Waals surface area contributed by atoms with Crippen molar-refractivity contribution in [1.82, 2.24) is 4.31 Å². The maximum Gasteiger partial charge on any atom is 0.330 e. The molecule has 0 fully saturated rings. The van der Waals surface area contributed by atoms with Crippen molar-refractivity contribution in [1.29, 1.82) is 0 Å². The van der Waals surface area contributed by atoms with E-state index >= 15 is 0 Å². The molecule has 0 spiro atoms. The highest BCUT2D eigenvalue weighted by atomic mass is 35.5. The highest BCUT2D eigenvalue weighted by molar-refractivity contribution is 7.89. The second kappa shape index (κ2) is 9.69. The minimum Gasteiger partial charge on any atom is -0.463 e. The Hall–Kier alpha value is -2.68. The molecule has 0 radical (unpaired) electrons. The molecule has 2 rings (SSSR count). The molecule has 154 valence electrons. The van der Waals surface area contributed by atoms with Crippen LogP contribution in [0.4, 0.5) is 5.69 Å². The largest absolute Gasteiger partial charge is 0.463 e. The number of amides is 1. The van der Waals surface area contributed by atoms with E-state index in [9.17, 15) is 18.0 Å². The second-order valence-electron chi connectivity index (χ2n) is 6.09. The van der Waals surface area contributed by atoms with Gasteiger partial charge in [-0.05, 0) is 48.9 Å². The van der Waals surface area contributed by atoms with Gasteiger partial charge in [0, 0.05) is 31.4 Å². The zero-order chi connectivity index (χ0) is 21.6. The quantitative estimate of drug-likeness (QED) is 0.530. The molecule has 0 unspecified atom stereocenters. The van der Waals surface area contributed by atoms with E-state index in [1.165, 1.54) is 38.4 Å². The first-order chi connectivity index (χ1) is 13.6. The predicted molar refractivity (Wildman–Crippen MR) is 112 cm³/mol. The molecule has 0 atom stereocenters. The summed E-state index contributed by atoms with van der Waals surface area (Å²) in [5.74, 6) is -0.914. The molecule has 2 aromatic carbocycles. The van der Waals surface area contributed by atoms with Gasteiger partial charge < -0.3 is 10.1 Å². The molecule has 0 bridgehead atoms. The van der Waals surface area contributed by atoms with Gasteiger partial charge in [0.15, 0.2) is 0 Å². The van der Waals surface area contributed by atoms with E-state index in [4.69, 9.17) is 16.3 Å². The minimum atomic E-state index is -3.78. The van der Waals surface area contributed by atoms with E-state index in [0.717, 1.165) is 9.87 Å². The average molecular weight is 437 g/mol. The van der Waals surface area contributed by atoms with Crippen LogP contribution in [0.1, 0.15) is 22.8 Å². The Morgan fingerprint density at radius 1 is 1.14 bits per heavy atom. The van der Waals surface area contributed by atoms with Crippen LogP contribution in [0.2, 0.25) is 5.02 Å². The van der Waals surface area contributed by atoms with E-state index in [1.807, 2.05) is 0 Å². The van der Waals surface area contributed by atoms with Crippen LogP contribution in [0.5, 0.6) is 0 Å². The summed E-state index contributed by atoms with van der Waals surface area (Å²) in [6.45, 7) is 2.03. The number of ether oxygens (including phenoxy) is 1. The Morgan fingerprint density at radius 2 is 1.79 bits per heavy atom. The number of esters is 1. The van der Waals surface area contributed by atoms with Crippen LogP contribution in [-0.2, 0) is 19.6 Å². The molecule has 0 aromatic heterocycles. The molecule has 0 saturated carbocycles. The molecule has 0 aliphatic heterocycles. The molecule has 0 heterocycles. The van der Waals surface area contributed by atoms with Gasteiger partial charge in [-0.2, -0.15) is 0 Å². The number of nitrogens with one attached hydrogen (secondary N) is 1. The van der Waals surface area contributed by atoms with Crippen LogP contribution >= 0.6 is 11.6 Å². The van der Waals surface area contributed by atoms with Gasteiger partial charge in [0.25, 0.3) is 5.91 Å². The molecule has 2 aromatic rings. The van der Waals surface area contributed by atoms with Gasteiger partial charge in [0.2, 0.25) is 10.0 Å². The Morgan fingerprint density at radius 3 is 2.38 bits per heavy atom. The molecule has 0 aliphatic carbocycles. The number of anilines is 1. The third kappa shape index (κ3) is 5.90. The number of hydrogen-bond acceptors (Lipinski definition) is 5. The fourth-order valence-corrected chi connectivity index (χ4v) is 3.67. The van der Waals surface area contributed by atoms with Crippen LogP contribution in [0.25, 0.3) is 6.08 Å². The van der Waals surface area contributed by atoms with Gasteiger partial charge in [0.05, 0.1) is 11.6 Å². The fraction of sp³-hybridized carbons (Fsp3) is 0.200. The Balaban J connectivity index is 2.16. The van der Waals surface area contributed by atoms with Crippen molar-refractivity contribution in [2.45, 2.75) is 11.8 Å². The van der Waals surface area contributed by atoms with Gasteiger partial charge in [-0.15, -0.1) is 0 Å². The number of halogens is 1. The van der Waals surface area contributed by atoms with Gasteiger partial charge in [-0.1, -0.05) is 23.7 Å². The normalized spacial score (nSPS) is 11.6. The number of hydrogen-bond donors (Lipinski definition) is 1. The van der Waals surface area contributed by atoms with Gasteiger partial charge in [-0.3, -0.25) is 4.79 Å². The summed E-state index contributed by atoms with van der Waals surface area (Å²) >= 11 is 6.00. The lowest BCUT2D eigenvalue weighted by atomic mass is 10.1. The first kappa shape index (κ1) is 22.6. The van der Waals surface area contributed by atoms with Crippen molar-refractivity contribution in [3.05, 3.63) is 64.7 Å². The van der Waals surface area contributed by atoms with E-state index in [1.54, 1.807) is 37.3 Å². The zero-order valence-electron chi connectivity index (χ0n) is 16.2. The van der Waals surface area contributed by atoms with Crippen molar-refractivity contribution in [3.8, 4) is 0 Å². The van der Waals surface area contributed by atoms with Crippen LogP contribution in [-0.4, -0.2) is 45.3 Å². The molecule has 0 saturated heterocycles. The number of carbonyl (C=O) groups is 2. The first-order valence-corrected chi connectivity index (χ1v) is 10.4. The summed E-state index contributed by atoms with van der Waals surface area (Å²) in [6.07, 6.45) is 2.92. The molecular weight excluding hydrogens is 416 g/mol. The van der Waals surface area contributed by atoms with Crippen LogP contribution < -0.4 is 5.32 Å². The highest BCUT2D eigenvalue weighted by Gasteiger charge is 2.22. The molecular formula is C20H21ClN2O5S. The smallest absolute Gasteiger partial charge is 0.330 e. The molecule has 1 amide bonds. The maximum absolute atomic E-state index is 12.5. The van der Waals surface area contributed by atoms with Crippen LogP contribution in [0.15, 0.2) is 53.4 Å². The third-order valence-electron chi connectivity index (χ3n) is 3.82. The molecule has 29 heavy (non-hydrogen) atoms. The molecule has 7 nitrogen and oxygen atoms in total.